The minimum Gasteiger partial charge on any atom is -0.508 e. The average molecular weight is 352 g/mol. The average Bonchev–Trinajstić information content (AvgIpc) is 2.63. The van der Waals surface area contributed by atoms with Crippen LogP contribution in [0, 0.1) is 5.92 Å². The van der Waals surface area contributed by atoms with Crippen molar-refractivity contribution in [2.24, 2.45) is 5.92 Å². The third-order valence-electron chi connectivity index (χ3n) is 4.59. The van der Waals surface area contributed by atoms with Gasteiger partial charge in [0.25, 0.3) is 0 Å². The van der Waals surface area contributed by atoms with E-state index in [-0.39, 0.29) is 0 Å². The molecule has 2 nitrogen and oxygen atoms in total. The summed E-state index contributed by atoms with van der Waals surface area (Å²) in [5.74, 6) is 0.972. The van der Waals surface area contributed by atoms with E-state index in [9.17, 15) is 5.11 Å². The van der Waals surface area contributed by atoms with Crippen LogP contribution in [0.3, 0.4) is 0 Å². The van der Waals surface area contributed by atoms with Crippen LogP contribution in [-0.2, 0) is 13.0 Å². The van der Waals surface area contributed by atoms with Crippen LogP contribution in [-0.4, -0.2) is 23.1 Å². The second kappa shape index (κ2) is 10.8. The lowest BCUT2D eigenvalue weighted by atomic mass is 9.98. The Kier molecular flexibility index (Phi) is 8.43. The van der Waals surface area contributed by atoms with Gasteiger partial charge < -0.3 is 5.11 Å². The second-order valence-electron chi connectivity index (χ2n) is 7.22. The first-order valence-electron chi connectivity index (χ1n) is 9.87. The first-order chi connectivity index (χ1) is 12.6. The maximum absolute atomic E-state index is 9.97. The summed E-state index contributed by atoms with van der Waals surface area (Å²) < 4.78 is 0. The van der Waals surface area contributed by atoms with Crippen LogP contribution in [0.2, 0.25) is 0 Å². The van der Waals surface area contributed by atoms with E-state index in [0.29, 0.717) is 11.7 Å². The zero-order valence-corrected chi connectivity index (χ0v) is 16.5. The summed E-state index contributed by atoms with van der Waals surface area (Å²) in [7, 11) is 0. The van der Waals surface area contributed by atoms with Crippen LogP contribution in [0.4, 0.5) is 0 Å². The maximum atomic E-state index is 9.97. The van der Waals surface area contributed by atoms with Gasteiger partial charge in [-0.2, -0.15) is 0 Å². The lowest BCUT2D eigenvalue weighted by Crippen LogP contribution is -2.29. The SMILES string of the molecule is CC/C=C(/O)c1ccc(CC(C)CN(CCC)Cc2ccccc2)cc1. The van der Waals surface area contributed by atoms with Gasteiger partial charge in [0.2, 0.25) is 0 Å². The predicted octanol–water partition coefficient (Wildman–Crippen LogP) is 6.09. The Bertz CT molecular complexity index is 660. The maximum Gasteiger partial charge on any atom is 0.118 e. The van der Waals surface area contributed by atoms with E-state index in [2.05, 4.69) is 61.2 Å². The normalized spacial score (nSPS) is 13.2. The summed E-state index contributed by atoms with van der Waals surface area (Å²) in [6, 6.07) is 19.1. The highest BCUT2D eigenvalue weighted by Crippen LogP contribution is 2.17. The summed E-state index contributed by atoms with van der Waals surface area (Å²) in [5, 5.41) is 9.97. The number of aliphatic hydroxyl groups excluding tert-OH is 1. The molecule has 0 aliphatic heterocycles. The van der Waals surface area contributed by atoms with Crippen LogP contribution in [0.1, 0.15) is 50.3 Å². The molecule has 0 aliphatic carbocycles. The summed E-state index contributed by atoms with van der Waals surface area (Å²) >= 11 is 0. The Morgan fingerprint density at radius 3 is 2.31 bits per heavy atom. The van der Waals surface area contributed by atoms with Gasteiger partial charge in [0.15, 0.2) is 0 Å². The van der Waals surface area contributed by atoms with E-state index >= 15 is 0 Å². The van der Waals surface area contributed by atoms with Crippen molar-refractivity contribution in [3.63, 3.8) is 0 Å². The van der Waals surface area contributed by atoms with Crippen LogP contribution in [0.25, 0.3) is 5.76 Å². The van der Waals surface area contributed by atoms with Gasteiger partial charge in [-0.05, 0) is 48.9 Å². The fourth-order valence-corrected chi connectivity index (χ4v) is 3.42. The minimum atomic E-state index is 0.379. The third-order valence-corrected chi connectivity index (χ3v) is 4.59. The molecule has 0 saturated heterocycles. The zero-order chi connectivity index (χ0) is 18.8. The molecule has 2 aromatic rings. The molecular weight excluding hydrogens is 318 g/mol. The van der Waals surface area contributed by atoms with Crippen molar-refractivity contribution in [3.8, 4) is 0 Å². The molecule has 0 heterocycles. The fourth-order valence-electron chi connectivity index (χ4n) is 3.42. The molecule has 0 saturated carbocycles. The number of nitrogens with zero attached hydrogens (tertiary/aromatic N) is 1. The molecule has 0 amide bonds. The van der Waals surface area contributed by atoms with E-state index in [1.54, 1.807) is 0 Å². The first kappa shape index (κ1) is 20.3. The number of benzene rings is 2. The van der Waals surface area contributed by atoms with Crippen LogP contribution < -0.4 is 0 Å². The van der Waals surface area contributed by atoms with Crippen molar-refractivity contribution in [2.75, 3.05) is 13.1 Å². The van der Waals surface area contributed by atoms with Gasteiger partial charge in [0, 0.05) is 18.7 Å². The van der Waals surface area contributed by atoms with Gasteiger partial charge in [0.05, 0.1) is 0 Å². The Hall–Kier alpha value is -2.06. The molecule has 0 spiro atoms. The highest BCUT2D eigenvalue weighted by Gasteiger charge is 2.11. The number of hydrogen-bond donors (Lipinski definition) is 1. The monoisotopic (exact) mass is 351 g/mol. The quantitative estimate of drug-likeness (QED) is 0.524. The molecule has 2 heteroatoms. The van der Waals surface area contributed by atoms with E-state index in [4.69, 9.17) is 0 Å². The van der Waals surface area contributed by atoms with Gasteiger partial charge in [-0.1, -0.05) is 75.4 Å². The highest BCUT2D eigenvalue weighted by molar-refractivity contribution is 5.58. The van der Waals surface area contributed by atoms with E-state index < -0.39 is 0 Å². The molecule has 2 rings (SSSR count). The molecule has 26 heavy (non-hydrogen) atoms. The molecule has 140 valence electrons. The van der Waals surface area contributed by atoms with Gasteiger partial charge in [0.1, 0.15) is 5.76 Å². The fraction of sp³-hybridized carbons (Fsp3) is 0.417. The smallest absolute Gasteiger partial charge is 0.118 e. The first-order valence-corrected chi connectivity index (χ1v) is 9.87. The molecule has 0 aliphatic rings. The molecule has 1 atom stereocenters. The summed E-state index contributed by atoms with van der Waals surface area (Å²) in [4.78, 5) is 2.56. The van der Waals surface area contributed by atoms with Crippen LogP contribution >= 0.6 is 0 Å². The van der Waals surface area contributed by atoms with E-state index in [1.807, 2.05) is 25.1 Å². The van der Waals surface area contributed by atoms with Crippen molar-refractivity contribution >= 4 is 5.76 Å². The molecule has 0 fully saturated rings. The van der Waals surface area contributed by atoms with Crippen molar-refractivity contribution in [1.29, 1.82) is 0 Å². The van der Waals surface area contributed by atoms with Gasteiger partial charge >= 0.3 is 0 Å². The van der Waals surface area contributed by atoms with Gasteiger partial charge in [-0.15, -0.1) is 0 Å². The molecule has 1 unspecified atom stereocenters. The number of rotatable bonds is 10. The minimum absolute atomic E-state index is 0.379. The van der Waals surface area contributed by atoms with Crippen LogP contribution in [0.15, 0.2) is 60.7 Å². The number of hydrogen-bond acceptors (Lipinski definition) is 2. The van der Waals surface area contributed by atoms with Gasteiger partial charge in [-0.3, -0.25) is 4.90 Å². The number of aliphatic hydroxyl groups is 1. The summed E-state index contributed by atoms with van der Waals surface area (Å²) in [6.45, 7) is 9.87. The van der Waals surface area contributed by atoms with Crippen molar-refractivity contribution in [2.45, 2.75) is 46.6 Å². The van der Waals surface area contributed by atoms with Gasteiger partial charge in [-0.25, -0.2) is 0 Å². The summed E-state index contributed by atoms with van der Waals surface area (Å²) in [6.07, 6.45) is 4.94. The molecule has 0 aromatic heterocycles. The Balaban J connectivity index is 1.92. The zero-order valence-electron chi connectivity index (χ0n) is 16.5. The topological polar surface area (TPSA) is 23.5 Å². The molecule has 1 N–H and O–H groups in total. The highest BCUT2D eigenvalue weighted by atomic mass is 16.3. The standard InChI is InChI=1S/C24H33NO/c1-4-9-24(26)23-14-12-21(13-15-23)17-20(3)18-25(16-5-2)19-22-10-7-6-8-11-22/h6-15,20,26H,4-5,16-19H2,1-3H3/b24-9+. The molecule has 0 bridgehead atoms. The lowest BCUT2D eigenvalue weighted by molar-refractivity contribution is 0.229. The Morgan fingerprint density at radius 1 is 1.00 bits per heavy atom. The van der Waals surface area contributed by atoms with Crippen molar-refractivity contribution in [1.82, 2.24) is 4.90 Å². The van der Waals surface area contributed by atoms with Crippen molar-refractivity contribution < 1.29 is 5.11 Å². The van der Waals surface area contributed by atoms with E-state index in [1.165, 1.54) is 17.5 Å². The van der Waals surface area contributed by atoms with Crippen molar-refractivity contribution in [3.05, 3.63) is 77.4 Å². The predicted molar refractivity (Wildman–Crippen MR) is 112 cm³/mol. The third kappa shape index (κ3) is 6.68. The lowest BCUT2D eigenvalue weighted by Gasteiger charge is -2.25. The summed E-state index contributed by atoms with van der Waals surface area (Å²) in [5.41, 5.74) is 3.62. The Labute approximate surface area is 159 Å². The number of allylic oxidation sites excluding steroid dienone is 1. The molecular formula is C24H33NO. The van der Waals surface area contributed by atoms with E-state index in [0.717, 1.165) is 38.0 Å². The molecule has 0 radical (unpaired) electrons. The second-order valence-corrected chi connectivity index (χ2v) is 7.22. The molecule has 2 aromatic carbocycles. The van der Waals surface area contributed by atoms with Crippen LogP contribution in [0.5, 0.6) is 0 Å². The largest absolute Gasteiger partial charge is 0.508 e. The Morgan fingerprint density at radius 2 is 1.69 bits per heavy atom.